The van der Waals surface area contributed by atoms with Crippen LogP contribution in [0.15, 0.2) is 23.0 Å². The normalized spacial score (nSPS) is 11.6. The highest BCUT2D eigenvalue weighted by molar-refractivity contribution is 7.18. The molecule has 0 bridgehead atoms. The molecule has 19 heavy (non-hydrogen) atoms. The summed E-state index contributed by atoms with van der Waals surface area (Å²) in [6, 6.07) is 1.84. The molecule has 0 saturated heterocycles. The van der Waals surface area contributed by atoms with Gasteiger partial charge in [0.15, 0.2) is 0 Å². The summed E-state index contributed by atoms with van der Waals surface area (Å²) in [5, 5.41) is 0. The molecule has 0 aliphatic heterocycles. The van der Waals surface area contributed by atoms with Gasteiger partial charge in [-0.3, -0.25) is 0 Å². The Morgan fingerprint density at radius 3 is 2.63 bits per heavy atom. The highest BCUT2D eigenvalue weighted by atomic mass is 32.1. The molecule has 0 aliphatic carbocycles. The van der Waals surface area contributed by atoms with Crippen LogP contribution in [0, 0.1) is 6.92 Å². The third-order valence-electron chi connectivity index (χ3n) is 2.56. The molecule has 2 aromatic heterocycles. The maximum absolute atomic E-state index is 12.1. The zero-order chi connectivity index (χ0) is 14.2. The largest absolute Gasteiger partial charge is 0.472 e. The van der Waals surface area contributed by atoms with E-state index in [1.165, 1.54) is 11.3 Å². The van der Waals surface area contributed by atoms with Crippen LogP contribution in [0.5, 0.6) is 0 Å². The number of carbonyl (C=O) groups is 1. The van der Waals surface area contributed by atoms with Crippen molar-refractivity contribution in [3.05, 3.63) is 29.0 Å². The first-order valence-corrected chi connectivity index (χ1v) is 6.76. The molecule has 0 aromatic carbocycles. The van der Waals surface area contributed by atoms with Crippen LogP contribution in [0.25, 0.3) is 10.4 Å². The van der Waals surface area contributed by atoms with E-state index >= 15 is 0 Å². The van der Waals surface area contributed by atoms with E-state index in [0.717, 1.165) is 16.0 Å². The van der Waals surface area contributed by atoms with E-state index in [4.69, 9.17) is 14.9 Å². The molecule has 0 spiro atoms. The monoisotopic (exact) mass is 279 g/mol. The summed E-state index contributed by atoms with van der Waals surface area (Å²) < 4.78 is 10.4. The summed E-state index contributed by atoms with van der Waals surface area (Å²) in [5.41, 5.74) is 7.76. The molecule has 2 heterocycles. The number of thiophene rings is 1. The Bertz CT molecular complexity index is 591. The molecule has 2 N–H and O–H groups in total. The van der Waals surface area contributed by atoms with Gasteiger partial charge in [-0.1, -0.05) is 0 Å². The minimum absolute atomic E-state index is 0.382. The zero-order valence-corrected chi connectivity index (χ0v) is 12.3. The molecule has 2 rings (SSSR count). The number of carbonyl (C=O) groups excluding carboxylic acids is 1. The van der Waals surface area contributed by atoms with Crippen LogP contribution < -0.4 is 5.73 Å². The maximum Gasteiger partial charge on any atom is 0.351 e. The number of ether oxygens (including phenoxy) is 1. The predicted octanol–water partition coefficient (Wildman–Crippen LogP) is 3.85. The van der Waals surface area contributed by atoms with Gasteiger partial charge in [0, 0.05) is 10.4 Å². The van der Waals surface area contributed by atoms with Gasteiger partial charge in [-0.2, -0.15) is 0 Å². The summed E-state index contributed by atoms with van der Waals surface area (Å²) in [5.74, 6) is -0.382. The van der Waals surface area contributed by atoms with E-state index < -0.39 is 5.60 Å². The summed E-state index contributed by atoms with van der Waals surface area (Å²) in [7, 11) is 0. The standard InChI is InChI=1S/C14H17NO3S/c1-8-10(15)12(13(16)18-14(2,3)4)19-11(8)9-5-6-17-7-9/h5-7H,15H2,1-4H3. The molecule has 0 atom stereocenters. The van der Waals surface area contributed by atoms with Crippen molar-refractivity contribution >= 4 is 23.0 Å². The molecule has 0 radical (unpaired) electrons. The summed E-state index contributed by atoms with van der Waals surface area (Å²) in [6.45, 7) is 7.39. The summed E-state index contributed by atoms with van der Waals surface area (Å²) in [6.07, 6.45) is 3.23. The molecule has 0 amide bonds. The zero-order valence-electron chi connectivity index (χ0n) is 11.4. The second kappa shape index (κ2) is 4.74. The second-order valence-electron chi connectivity index (χ2n) is 5.31. The van der Waals surface area contributed by atoms with Crippen LogP contribution in [-0.4, -0.2) is 11.6 Å². The first-order chi connectivity index (χ1) is 8.79. The van der Waals surface area contributed by atoms with E-state index in [1.54, 1.807) is 12.5 Å². The van der Waals surface area contributed by atoms with Gasteiger partial charge in [0.1, 0.15) is 10.5 Å². The SMILES string of the molecule is Cc1c(-c2ccoc2)sc(C(=O)OC(C)(C)C)c1N. The van der Waals surface area contributed by atoms with Crippen molar-refractivity contribution in [2.45, 2.75) is 33.3 Å². The van der Waals surface area contributed by atoms with Crippen LogP contribution in [0.4, 0.5) is 5.69 Å². The van der Waals surface area contributed by atoms with Gasteiger partial charge in [0.2, 0.25) is 0 Å². The van der Waals surface area contributed by atoms with Crippen LogP contribution in [0.3, 0.4) is 0 Å². The average molecular weight is 279 g/mol. The topological polar surface area (TPSA) is 65.5 Å². The van der Waals surface area contributed by atoms with Crippen molar-refractivity contribution in [1.29, 1.82) is 0 Å². The molecule has 0 unspecified atom stereocenters. The van der Waals surface area contributed by atoms with Crippen molar-refractivity contribution in [1.82, 2.24) is 0 Å². The Morgan fingerprint density at radius 2 is 2.11 bits per heavy atom. The first-order valence-electron chi connectivity index (χ1n) is 5.94. The lowest BCUT2D eigenvalue weighted by molar-refractivity contribution is 0.00763. The van der Waals surface area contributed by atoms with Crippen molar-refractivity contribution in [3.8, 4) is 10.4 Å². The molecule has 0 fully saturated rings. The minimum Gasteiger partial charge on any atom is -0.472 e. The lowest BCUT2D eigenvalue weighted by Crippen LogP contribution is -2.23. The smallest absolute Gasteiger partial charge is 0.351 e. The summed E-state index contributed by atoms with van der Waals surface area (Å²) in [4.78, 5) is 13.5. The molecule has 0 aliphatic rings. The van der Waals surface area contributed by atoms with E-state index in [2.05, 4.69) is 0 Å². The van der Waals surface area contributed by atoms with Gasteiger partial charge in [-0.15, -0.1) is 11.3 Å². The fraction of sp³-hybridized carbons (Fsp3) is 0.357. The number of hydrogen-bond acceptors (Lipinski definition) is 5. The van der Waals surface area contributed by atoms with Crippen molar-refractivity contribution in [2.75, 3.05) is 5.73 Å². The molecule has 4 nitrogen and oxygen atoms in total. The molecular weight excluding hydrogens is 262 g/mol. The van der Waals surface area contributed by atoms with E-state index in [-0.39, 0.29) is 5.97 Å². The van der Waals surface area contributed by atoms with Crippen molar-refractivity contribution in [3.63, 3.8) is 0 Å². The molecule has 2 aromatic rings. The lowest BCUT2D eigenvalue weighted by atomic mass is 10.1. The van der Waals surface area contributed by atoms with E-state index in [9.17, 15) is 4.79 Å². The van der Waals surface area contributed by atoms with Crippen molar-refractivity contribution in [2.24, 2.45) is 0 Å². The van der Waals surface area contributed by atoms with Gasteiger partial charge >= 0.3 is 5.97 Å². The maximum atomic E-state index is 12.1. The Hall–Kier alpha value is -1.75. The average Bonchev–Trinajstić information content (AvgIpc) is 2.87. The highest BCUT2D eigenvalue weighted by Gasteiger charge is 2.24. The molecule has 5 heteroatoms. The Balaban J connectivity index is 2.39. The Labute approximate surface area is 116 Å². The third-order valence-corrected chi connectivity index (χ3v) is 3.90. The van der Waals surface area contributed by atoms with Gasteiger partial charge < -0.3 is 14.9 Å². The van der Waals surface area contributed by atoms with Gasteiger partial charge in [-0.05, 0) is 39.3 Å². The van der Waals surface area contributed by atoms with Gasteiger partial charge in [-0.25, -0.2) is 4.79 Å². The highest BCUT2D eigenvalue weighted by Crippen LogP contribution is 2.39. The van der Waals surface area contributed by atoms with Gasteiger partial charge in [0.25, 0.3) is 0 Å². The number of hydrogen-bond donors (Lipinski definition) is 1. The number of anilines is 1. The molecular formula is C14H17NO3S. The van der Waals surface area contributed by atoms with Crippen molar-refractivity contribution < 1.29 is 13.9 Å². The first kappa shape index (κ1) is 13.7. The van der Waals surface area contributed by atoms with Gasteiger partial charge in [0.05, 0.1) is 18.2 Å². The number of furan rings is 1. The second-order valence-corrected chi connectivity index (χ2v) is 6.33. The number of nitrogen functional groups attached to an aromatic ring is 1. The fourth-order valence-electron chi connectivity index (χ4n) is 1.67. The Kier molecular flexibility index (Phi) is 3.41. The van der Waals surface area contributed by atoms with Crippen LogP contribution in [0.1, 0.15) is 36.0 Å². The van der Waals surface area contributed by atoms with Crippen LogP contribution in [0.2, 0.25) is 0 Å². The fourth-order valence-corrected chi connectivity index (χ4v) is 2.76. The van der Waals surface area contributed by atoms with Crippen LogP contribution >= 0.6 is 11.3 Å². The van der Waals surface area contributed by atoms with E-state index in [0.29, 0.717) is 10.6 Å². The number of nitrogens with two attached hydrogens (primary N) is 1. The minimum atomic E-state index is -0.531. The molecule has 102 valence electrons. The lowest BCUT2D eigenvalue weighted by Gasteiger charge is -2.19. The quantitative estimate of drug-likeness (QED) is 0.848. The number of rotatable bonds is 2. The molecule has 0 saturated carbocycles. The van der Waals surface area contributed by atoms with Crippen LogP contribution in [-0.2, 0) is 4.74 Å². The third kappa shape index (κ3) is 2.81. The summed E-state index contributed by atoms with van der Waals surface area (Å²) >= 11 is 1.33. The predicted molar refractivity (Wildman–Crippen MR) is 76.3 cm³/mol. The van der Waals surface area contributed by atoms with E-state index in [1.807, 2.05) is 33.8 Å². The number of esters is 1. The Morgan fingerprint density at radius 1 is 1.42 bits per heavy atom.